The van der Waals surface area contributed by atoms with Crippen LogP contribution in [0.2, 0.25) is 0 Å². The van der Waals surface area contributed by atoms with Crippen molar-refractivity contribution in [2.75, 3.05) is 19.6 Å². The van der Waals surface area contributed by atoms with Gasteiger partial charge in [-0.1, -0.05) is 5.16 Å². The molecule has 0 radical (unpaired) electrons. The molecule has 1 aliphatic rings. The Balaban J connectivity index is 1.41. The van der Waals surface area contributed by atoms with E-state index < -0.39 is 10.0 Å². The van der Waals surface area contributed by atoms with Gasteiger partial charge in [-0.3, -0.25) is 4.79 Å². The maximum absolute atomic E-state index is 13.3. The van der Waals surface area contributed by atoms with Crippen molar-refractivity contribution < 1.29 is 17.7 Å². The minimum Gasteiger partial charge on any atom is -0.361 e. The largest absolute Gasteiger partial charge is 0.361 e. The van der Waals surface area contributed by atoms with Crippen LogP contribution in [-0.2, 0) is 27.8 Å². The number of hydrogen-bond donors (Lipinski definition) is 1. The summed E-state index contributed by atoms with van der Waals surface area (Å²) in [6.07, 6.45) is 3.95. The third kappa shape index (κ3) is 4.31. The van der Waals surface area contributed by atoms with Gasteiger partial charge in [-0.25, -0.2) is 8.42 Å². The lowest BCUT2D eigenvalue weighted by atomic mass is 9.98. The van der Waals surface area contributed by atoms with Crippen LogP contribution in [0.25, 0.3) is 10.9 Å². The molecular formula is C23H30N4O4S. The number of aromatic nitrogens is 2. The van der Waals surface area contributed by atoms with E-state index in [0.29, 0.717) is 32.4 Å². The Bertz CT molecular complexity index is 1210. The topological polar surface area (TPSA) is 97.4 Å². The van der Waals surface area contributed by atoms with E-state index in [2.05, 4.69) is 22.0 Å². The molecule has 9 heteroatoms. The fourth-order valence-corrected chi connectivity index (χ4v) is 6.01. The number of nitrogens with one attached hydrogen (secondary N) is 1. The van der Waals surface area contributed by atoms with Crippen LogP contribution in [0.5, 0.6) is 0 Å². The summed E-state index contributed by atoms with van der Waals surface area (Å²) in [7, 11) is -3.66. The van der Waals surface area contributed by atoms with Crippen molar-refractivity contribution in [2.24, 2.45) is 5.92 Å². The van der Waals surface area contributed by atoms with Crippen molar-refractivity contribution in [2.45, 2.75) is 51.5 Å². The van der Waals surface area contributed by atoms with Crippen LogP contribution in [0.15, 0.2) is 39.9 Å². The van der Waals surface area contributed by atoms with Crippen molar-refractivity contribution in [3.63, 3.8) is 0 Å². The summed E-state index contributed by atoms with van der Waals surface area (Å²) in [6.45, 7) is 7.72. The first-order chi connectivity index (χ1) is 15.3. The lowest BCUT2D eigenvalue weighted by molar-refractivity contribution is -0.126. The molecule has 1 aromatic carbocycles. The van der Waals surface area contributed by atoms with Crippen LogP contribution < -0.4 is 5.32 Å². The zero-order valence-corrected chi connectivity index (χ0v) is 19.6. The highest BCUT2D eigenvalue weighted by Gasteiger charge is 2.33. The number of amides is 1. The molecule has 4 rings (SSSR count). The van der Waals surface area contributed by atoms with Crippen LogP contribution >= 0.6 is 0 Å². The fraction of sp³-hybridized carbons (Fsp3) is 0.478. The number of carbonyl (C=O) groups excluding carboxylic acids is 1. The first kappa shape index (κ1) is 22.5. The van der Waals surface area contributed by atoms with Crippen molar-refractivity contribution in [1.82, 2.24) is 19.3 Å². The number of sulfonamides is 1. The molecule has 0 bridgehead atoms. The van der Waals surface area contributed by atoms with Crippen molar-refractivity contribution in [1.29, 1.82) is 0 Å². The number of fused-ring (bicyclic) bond motifs is 1. The van der Waals surface area contributed by atoms with Gasteiger partial charge in [0, 0.05) is 48.8 Å². The molecule has 2 aromatic heterocycles. The molecule has 0 spiro atoms. The van der Waals surface area contributed by atoms with Crippen LogP contribution in [-0.4, -0.2) is 48.0 Å². The molecule has 3 aromatic rings. The van der Waals surface area contributed by atoms with E-state index in [9.17, 15) is 13.2 Å². The Labute approximate surface area is 188 Å². The van der Waals surface area contributed by atoms with Gasteiger partial charge in [-0.05, 0) is 64.3 Å². The van der Waals surface area contributed by atoms with Gasteiger partial charge in [0.15, 0.2) is 0 Å². The number of rotatable bonds is 7. The highest BCUT2D eigenvalue weighted by Crippen LogP contribution is 2.27. The molecule has 8 nitrogen and oxygen atoms in total. The van der Waals surface area contributed by atoms with E-state index in [-0.39, 0.29) is 23.3 Å². The number of carbonyl (C=O) groups is 1. The second-order valence-corrected chi connectivity index (χ2v) is 10.3. The van der Waals surface area contributed by atoms with Gasteiger partial charge in [0.25, 0.3) is 0 Å². The quantitative estimate of drug-likeness (QED) is 0.587. The Hall–Kier alpha value is -2.65. The molecule has 0 aliphatic carbocycles. The van der Waals surface area contributed by atoms with E-state index >= 15 is 0 Å². The summed E-state index contributed by atoms with van der Waals surface area (Å²) in [6, 6.07) is 7.18. The van der Waals surface area contributed by atoms with Crippen molar-refractivity contribution in [3.05, 3.63) is 47.5 Å². The van der Waals surface area contributed by atoms with E-state index in [1.165, 1.54) is 4.31 Å². The maximum atomic E-state index is 13.3. The van der Waals surface area contributed by atoms with E-state index in [1.807, 2.05) is 32.2 Å². The highest BCUT2D eigenvalue weighted by molar-refractivity contribution is 7.89. The summed E-state index contributed by atoms with van der Waals surface area (Å²) >= 11 is 0. The van der Waals surface area contributed by atoms with Crippen molar-refractivity contribution >= 4 is 26.8 Å². The predicted octanol–water partition coefficient (Wildman–Crippen LogP) is 3.03. The van der Waals surface area contributed by atoms with E-state index in [4.69, 9.17) is 4.52 Å². The SMILES string of the molecule is CCn1ccc2cc(S(=O)(=O)N3CCC[C@@H](C(=O)NCCc4c(C)noc4C)C3)ccc21. The number of piperidine rings is 1. The van der Waals surface area contributed by atoms with Crippen LogP contribution in [0.3, 0.4) is 0 Å². The third-order valence-corrected chi connectivity index (χ3v) is 8.19. The van der Waals surface area contributed by atoms with Crippen molar-refractivity contribution in [3.8, 4) is 0 Å². The summed E-state index contributed by atoms with van der Waals surface area (Å²) < 4.78 is 35.3. The monoisotopic (exact) mass is 458 g/mol. The van der Waals surface area contributed by atoms with Gasteiger partial charge in [0.2, 0.25) is 15.9 Å². The average molecular weight is 459 g/mol. The summed E-state index contributed by atoms with van der Waals surface area (Å²) in [5.74, 6) is 0.304. The summed E-state index contributed by atoms with van der Waals surface area (Å²) in [4.78, 5) is 13.0. The second kappa shape index (κ2) is 9.07. The molecule has 1 fully saturated rings. The predicted molar refractivity (Wildman–Crippen MR) is 122 cm³/mol. The summed E-state index contributed by atoms with van der Waals surface area (Å²) in [5.41, 5.74) is 2.85. The highest BCUT2D eigenvalue weighted by atomic mass is 32.2. The molecule has 3 heterocycles. The van der Waals surface area contributed by atoms with Crippen LogP contribution in [0.4, 0.5) is 0 Å². The first-order valence-electron chi connectivity index (χ1n) is 11.1. The van der Waals surface area contributed by atoms with Gasteiger partial charge in [-0.15, -0.1) is 0 Å². The number of benzene rings is 1. The molecular weight excluding hydrogens is 428 g/mol. The van der Waals surface area contributed by atoms with Gasteiger partial charge in [0.1, 0.15) is 5.76 Å². The minimum atomic E-state index is -3.66. The average Bonchev–Trinajstić information content (AvgIpc) is 3.36. The first-order valence-corrected chi connectivity index (χ1v) is 12.5. The van der Waals surface area contributed by atoms with E-state index in [1.54, 1.807) is 12.1 Å². The molecule has 1 atom stereocenters. The number of aryl methyl sites for hydroxylation is 3. The normalized spacial score (nSPS) is 17.7. The molecule has 1 saturated heterocycles. The van der Waals surface area contributed by atoms with Crippen LogP contribution in [0.1, 0.15) is 36.8 Å². The molecule has 0 saturated carbocycles. The molecule has 1 N–H and O–H groups in total. The third-order valence-electron chi connectivity index (χ3n) is 6.33. The Morgan fingerprint density at radius 1 is 1.28 bits per heavy atom. The minimum absolute atomic E-state index is 0.105. The number of nitrogens with zero attached hydrogens (tertiary/aromatic N) is 3. The molecule has 172 valence electrons. The second-order valence-electron chi connectivity index (χ2n) is 8.37. The lowest BCUT2D eigenvalue weighted by Gasteiger charge is -2.31. The summed E-state index contributed by atoms with van der Waals surface area (Å²) in [5, 5.41) is 7.79. The van der Waals surface area contributed by atoms with Gasteiger partial charge in [0.05, 0.1) is 16.5 Å². The van der Waals surface area contributed by atoms with Gasteiger partial charge in [-0.2, -0.15) is 4.31 Å². The standard InChI is InChI=1S/C23H30N4O4S/c1-4-26-13-10-18-14-20(7-8-22(18)26)32(29,30)27-12-5-6-19(15-27)23(28)24-11-9-21-16(2)25-31-17(21)3/h7-8,10,13-14,19H,4-6,9,11-12,15H2,1-3H3,(H,24,28)/t19-/m1/s1. The number of hydrogen-bond acceptors (Lipinski definition) is 5. The van der Waals surface area contributed by atoms with Gasteiger partial charge < -0.3 is 14.4 Å². The molecule has 32 heavy (non-hydrogen) atoms. The Kier molecular flexibility index (Phi) is 6.39. The van der Waals surface area contributed by atoms with Gasteiger partial charge >= 0.3 is 0 Å². The Morgan fingerprint density at radius 2 is 2.09 bits per heavy atom. The fourth-order valence-electron chi connectivity index (χ4n) is 4.45. The zero-order chi connectivity index (χ0) is 22.9. The molecule has 0 unspecified atom stereocenters. The Morgan fingerprint density at radius 3 is 2.81 bits per heavy atom. The molecule has 1 aliphatic heterocycles. The maximum Gasteiger partial charge on any atom is 0.243 e. The van der Waals surface area contributed by atoms with Crippen LogP contribution in [0, 0.1) is 19.8 Å². The smallest absolute Gasteiger partial charge is 0.243 e. The zero-order valence-electron chi connectivity index (χ0n) is 18.8. The lowest BCUT2D eigenvalue weighted by Crippen LogP contribution is -2.45. The molecule has 1 amide bonds. The van der Waals surface area contributed by atoms with E-state index in [0.717, 1.165) is 34.5 Å².